The molecule has 160 valence electrons. The minimum Gasteiger partial charge on any atom is -0.454 e. The highest BCUT2D eigenvalue weighted by Gasteiger charge is 2.50. The van der Waals surface area contributed by atoms with Crippen molar-refractivity contribution in [1.29, 1.82) is 0 Å². The summed E-state index contributed by atoms with van der Waals surface area (Å²) in [4.78, 5) is 50.6. The SMILES string of the molecule is CC[C@H](C)c1ccc(NC(=O)COC(=O)[C@H](C)N2C(=O)[C@H]3CC=CC[C@H]3C2=O)cc1. The molecule has 0 saturated carbocycles. The summed E-state index contributed by atoms with van der Waals surface area (Å²) in [5.74, 6) is -2.31. The third-order valence-corrected chi connectivity index (χ3v) is 5.99. The number of carbonyl (C=O) groups is 4. The number of allylic oxidation sites excluding steroid dienone is 2. The van der Waals surface area contributed by atoms with Crippen LogP contribution in [0.2, 0.25) is 0 Å². The van der Waals surface area contributed by atoms with Gasteiger partial charge >= 0.3 is 5.97 Å². The molecule has 7 nitrogen and oxygen atoms in total. The van der Waals surface area contributed by atoms with E-state index in [1.165, 1.54) is 12.5 Å². The van der Waals surface area contributed by atoms with Crippen LogP contribution in [-0.4, -0.2) is 41.2 Å². The Kier molecular flexibility index (Phi) is 6.70. The van der Waals surface area contributed by atoms with Crippen molar-refractivity contribution >= 4 is 29.4 Å². The molecule has 4 atom stereocenters. The Morgan fingerprint density at radius 3 is 2.17 bits per heavy atom. The van der Waals surface area contributed by atoms with Crippen molar-refractivity contribution in [2.24, 2.45) is 11.8 Å². The number of fused-ring (bicyclic) bond motifs is 1. The number of esters is 1. The number of hydrogen-bond acceptors (Lipinski definition) is 5. The Bertz CT molecular complexity index is 835. The summed E-state index contributed by atoms with van der Waals surface area (Å²) < 4.78 is 5.07. The second kappa shape index (κ2) is 9.24. The minimum atomic E-state index is -1.06. The predicted molar refractivity (Wildman–Crippen MR) is 111 cm³/mol. The van der Waals surface area contributed by atoms with Crippen LogP contribution in [0.5, 0.6) is 0 Å². The van der Waals surface area contributed by atoms with E-state index in [0.717, 1.165) is 11.3 Å². The lowest BCUT2D eigenvalue weighted by molar-refractivity contribution is -0.159. The molecule has 0 spiro atoms. The van der Waals surface area contributed by atoms with Crippen molar-refractivity contribution < 1.29 is 23.9 Å². The van der Waals surface area contributed by atoms with E-state index in [9.17, 15) is 19.2 Å². The Morgan fingerprint density at radius 2 is 1.63 bits per heavy atom. The quantitative estimate of drug-likeness (QED) is 0.422. The van der Waals surface area contributed by atoms with Crippen LogP contribution < -0.4 is 5.32 Å². The zero-order valence-electron chi connectivity index (χ0n) is 17.6. The molecule has 0 unspecified atom stereocenters. The van der Waals surface area contributed by atoms with Crippen LogP contribution in [0.3, 0.4) is 0 Å². The first-order chi connectivity index (χ1) is 14.3. The molecule has 1 aliphatic heterocycles. The lowest BCUT2D eigenvalue weighted by Gasteiger charge is -2.21. The van der Waals surface area contributed by atoms with E-state index in [0.29, 0.717) is 24.4 Å². The highest BCUT2D eigenvalue weighted by atomic mass is 16.5. The van der Waals surface area contributed by atoms with Crippen LogP contribution in [0.1, 0.15) is 51.5 Å². The van der Waals surface area contributed by atoms with Gasteiger partial charge < -0.3 is 10.1 Å². The summed E-state index contributed by atoms with van der Waals surface area (Å²) in [5.41, 5.74) is 1.80. The molecule has 0 aromatic heterocycles. The summed E-state index contributed by atoms with van der Waals surface area (Å²) in [7, 11) is 0. The Balaban J connectivity index is 1.52. The lowest BCUT2D eigenvalue weighted by atomic mass is 9.85. The zero-order chi connectivity index (χ0) is 21.8. The van der Waals surface area contributed by atoms with Gasteiger partial charge in [0.15, 0.2) is 6.61 Å². The number of benzene rings is 1. The monoisotopic (exact) mass is 412 g/mol. The smallest absolute Gasteiger partial charge is 0.329 e. The van der Waals surface area contributed by atoms with Crippen LogP contribution in [0.25, 0.3) is 0 Å². The predicted octanol–water partition coefficient (Wildman–Crippen LogP) is 3.02. The van der Waals surface area contributed by atoms with Gasteiger partial charge in [0.25, 0.3) is 5.91 Å². The van der Waals surface area contributed by atoms with Crippen LogP contribution in [-0.2, 0) is 23.9 Å². The number of hydrogen-bond donors (Lipinski definition) is 1. The van der Waals surface area contributed by atoms with Crippen molar-refractivity contribution in [2.75, 3.05) is 11.9 Å². The topological polar surface area (TPSA) is 92.8 Å². The second-order valence-corrected chi connectivity index (χ2v) is 7.97. The molecule has 0 bridgehead atoms. The van der Waals surface area contributed by atoms with Gasteiger partial charge in [0.05, 0.1) is 11.8 Å². The maximum absolute atomic E-state index is 12.6. The van der Waals surface area contributed by atoms with E-state index < -0.39 is 36.4 Å². The van der Waals surface area contributed by atoms with Gasteiger partial charge in [-0.2, -0.15) is 0 Å². The summed E-state index contributed by atoms with van der Waals surface area (Å²) in [6.45, 7) is 5.22. The molecule has 2 aliphatic rings. The van der Waals surface area contributed by atoms with Crippen molar-refractivity contribution in [3.63, 3.8) is 0 Å². The number of carbonyl (C=O) groups excluding carboxylic acids is 4. The fourth-order valence-corrected chi connectivity index (χ4v) is 3.90. The van der Waals surface area contributed by atoms with Gasteiger partial charge in [0.2, 0.25) is 11.8 Å². The molecule has 1 N–H and O–H groups in total. The van der Waals surface area contributed by atoms with Crippen molar-refractivity contribution in [2.45, 2.75) is 52.0 Å². The van der Waals surface area contributed by atoms with Gasteiger partial charge in [-0.1, -0.05) is 38.1 Å². The third kappa shape index (κ3) is 4.45. The number of rotatable bonds is 7. The highest BCUT2D eigenvalue weighted by molar-refractivity contribution is 6.08. The summed E-state index contributed by atoms with van der Waals surface area (Å²) in [6, 6.07) is 6.47. The molecule has 30 heavy (non-hydrogen) atoms. The van der Waals surface area contributed by atoms with Gasteiger partial charge in [0.1, 0.15) is 6.04 Å². The standard InChI is InChI=1S/C23H28N2O5/c1-4-14(2)16-9-11-17(12-10-16)24-20(26)13-30-23(29)15(3)25-21(27)18-7-5-6-8-19(18)22(25)28/h5-6,9-12,14-15,18-19H,4,7-8,13H2,1-3H3,(H,24,26)/t14-,15-,18-,19+/m0/s1. The number of nitrogens with zero attached hydrogens (tertiary/aromatic N) is 1. The van der Waals surface area contributed by atoms with Crippen LogP contribution >= 0.6 is 0 Å². The summed E-state index contributed by atoms with van der Waals surface area (Å²) in [6.07, 6.45) is 5.81. The molecular weight excluding hydrogens is 384 g/mol. The van der Waals surface area contributed by atoms with Crippen molar-refractivity contribution in [3.05, 3.63) is 42.0 Å². The largest absolute Gasteiger partial charge is 0.454 e. The number of amides is 3. The zero-order valence-corrected chi connectivity index (χ0v) is 17.6. The van der Waals surface area contributed by atoms with E-state index in [1.54, 1.807) is 12.1 Å². The van der Waals surface area contributed by atoms with Crippen LogP contribution in [0.4, 0.5) is 5.69 Å². The van der Waals surface area contributed by atoms with Crippen molar-refractivity contribution in [1.82, 2.24) is 4.90 Å². The van der Waals surface area contributed by atoms with Gasteiger partial charge in [-0.15, -0.1) is 0 Å². The Labute approximate surface area is 176 Å². The average molecular weight is 412 g/mol. The molecule has 1 heterocycles. The fourth-order valence-electron chi connectivity index (χ4n) is 3.90. The first-order valence-corrected chi connectivity index (χ1v) is 10.4. The fraction of sp³-hybridized carbons (Fsp3) is 0.478. The summed E-state index contributed by atoms with van der Waals surface area (Å²) in [5, 5.41) is 2.68. The average Bonchev–Trinajstić information content (AvgIpc) is 3.02. The van der Waals surface area contributed by atoms with E-state index in [1.807, 2.05) is 24.3 Å². The molecule has 3 amide bonds. The van der Waals surface area contributed by atoms with Gasteiger partial charge in [-0.3, -0.25) is 19.3 Å². The van der Waals surface area contributed by atoms with Gasteiger partial charge in [-0.25, -0.2) is 4.79 Å². The molecule has 1 aromatic rings. The molecule has 1 aromatic carbocycles. The van der Waals surface area contributed by atoms with E-state index in [2.05, 4.69) is 19.2 Å². The normalized spacial score (nSPS) is 22.4. The molecule has 1 fully saturated rings. The molecule has 3 rings (SSSR count). The van der Waals surface area contributed by atoms with Crippen LogP contribution in [0.15, 0.2) is 36.4 Å². The maximum atomic E-state index is 12.6. The number of nitrogens with one attached hydrogen (secondary N) is 1. The van der Waals surface area contributed by atoms with Gasteiger partial charge in [0, 0.05) is 5.69 Å². The number of anilines is 1. The Hall–Kier alpha value is -2.96. The van der Waals surface area contributed by atoms with E-state index in [4.69, 9.17) is 4.74 Å². The Morgan fingerprint density at radius 1 is 1.07 bits per heavy atom. The first-order valence-electron chi connectivity index (χ1n) is 10.4. The van der Waals surface area contributed by atoms with E-state index >= 15 is 0 Å². The molecule has 1 saturated heterocycles. The van der Waals surface area contributed by atoms with E-state index in [-0.39, 0.29) is 11.8 Å². The second-order valence-electron chi connectivity index (χ2n) is 7.97. The minimum absolute atomic E-state index is 0.343. The number of ether oxygens (including phenoxy) is 1. The highest BCUT2D eigenvalue weighted by Crippen LogP contribution is 2.36. The maximum Gasteiger partial charge on any atom is 0.329 e. The number of imide groups is 1. The lowest BCUT2D eigenvalue weighted by Crippen LogP contribution is -2.45. The first kappa shape index (κ1) is 21.7. The third-order valence-electron chi connectivity index (χ3n) is 5.99. The summed E-state index contributed by atoms with van der Waals surface area (Å²) >= 11 is 0. The molecule has 7 heteroatoms. The molecular formula is C23H28N2O5. The van der Waals surface area contributed by atoms with Gasteiger partial charge in [-0.05, 0) is 49.8 Å². The van der Waals surface area contributed by atoms with Crippen LogP contribution in [0, 0.1) is 11.8 Å². The number of likely N-dealkylation sites (tertiary alicyclic amines) is 1. The van der Waals surface area contributed by atoms with Crippen molar-refractivity contribution in [3.8, 4) is 0 Å². The molecule has 0 radical (unpaired) electrons. The molecule has 1 aliphatic carbocycles.